The van der Waals surface area contributed by atoms with Crippen LogP contribution in [0.3, 0.4) is 0 Å². The molecule has 5 nitrogen and oxygen atoms in total. The number of rotatable bonds is 4. The minimum Gasteiger partial charge on any atom is -0.444 e. The highest BCUT2D eigenvalue weighted by Crippen LogP contribution is 2.19. The number of amides is 2. The maximum Gasteiger partial charge on any atom is 0.407 e. The van der Waals surface area contributed by atoms with Crippen molar-refractivity contribution in [1.29, 1.82) is 0 Å². The predicted octanol–water partition coefficient (Wildman–Crippen LogP) is 3.24. The molecule has 0 aromatic carbocycles. The molecule has 0 saturated heterocycles. The van der Waals surface area contributed by atoms with Crippen LogP contribution >= 0.6 is 11.3 Å². The molecular weight excluding hydrogens is 312 g/mol. The quantitative estimate of drug-likeness (QED) is 0.885. The molecule has 1 saturated carbocycles. The van der Waals surface area contributed by atoms with Crippen molar-refractivity contribution < 1.29 is 14.3 Å². The number of nitrogens with one attached hydrogen (secondary N) is 2. The maximum absolute atomic E-state index is 12.1. The van der Waals surface area contributed by atoms with Crippen LogP contribution in [0.25, 0.3) is 0 Å². The summed E-state index contributed by atoms with van der Waals surface area (Å²) >= 11 is 1.60. The van der Waals surface area contributed by atoms with Crippen molar-refractivity contribution in [3.63, 3.8) is 0 Å². The number of thiophene rings is 1. The second-order valence-corrected chi connectivity index (χ2v) is 7.86. The van der Waals surface area contributed by atoms with Gasteiger partial charge in [0.2, 0.25) is 5.91 Å². The largest absolute Gasteiger partial charge is 0.444 e. The van der Waals surface area contributed by atoms with Gasteiger partial charge in [0.25, 0.3) is 0 Å². The number of hydrogen-bond donors (Lipinski definition) is 2. The Hall–Kier alpha value is -1.56. The normalized spacial score (nSPS) is 21.5. The van der Waals surface area contributed by atoms with Crippen LogP contribution in [-0.4, -0.2) is 29.7 Å². The van der Waals surface area contributed by atoms with Gasteiger partial charge < -0.3 is 15.4 Å². The van der Waals surface area contributed by atoms with E-state index < -0.39 is 5.60 Å². The van der Waals surface area contributed by atoms with Gasteiger partial charge in [-0.2, -0.15) is 11.3 Å². The Balaban J connectivity index is 1.76. The number of hydrogen-bond acceptors (Lipinski definition) is 4. The molecule has 2 N–H and O–H groups in total. The fraction of sp³-hybridized carbons (Fsp3) is 0.647. The van der Waals surface area contributed by atoms with Crippen LogP contribution < -0.4 is 10.6 Å². The lowest BCUT2D eigenvalue weighted by Gasteiger charge is -2.31. The summed E-state index contributed by atoms with van der Waals surface area (Å²) in [7, 11) is 0. The Bertz CT molecular complexity index is 522. The van der Waals surface area contributed by atoms with Gasteiger partial charge in [0.1, 0.15) is 5.60 Å². The molecule has 2 atom stereocenters. The third kappa shape index (κ3) is 6.60. The first kappa shape index (κ1) is 17.8. The third-order valence-electron chi connectivity index (χ3n) is 3.70. The second-order valence-electron chi connectivity index (χ2n) is 7.08. The zero-order valence-corrected chi connectivity index (χ0v) is 14.9. The molecule has 1 aromatic heterocycles. The molecular formula is C17H26N2O3S. The summed E-state index contributed by atoms with van der Waals surface area (Å²) in [6.07, 6.45) is 3.67. The number of carbonyl (C=O) groups excluding carboxylic acids is 2. The summed E-state index contributed by atoms with van der Waals surface area (Å²) in [4.78, 5) is 23.9. The Kier molecular flexibility index (Phi) is 6.04. The lowest BCUT2D eigenvalue weighted by molar-refractivity contribution is -0.121. The first-order valence-electron chi connectivity index (χ1n) is 8.12. The molecule has 23 heavy (non-hydrogen) atoms. The second kappa shape index (κ2) is 7.81. The minimum atomic E-state index is -0.493. The summed E-state index contributed by atoms with van der Waals surface area (Å²) in [5.41, 5.74) is 0.555. The third-order valence-corrected chi connectivity index (χ3v) is 4.44. The number of carbonyl (C=O) groups is 2. The van der Waals surface area contributed by atoms with Crippen LogP contribution in [0, 0.1) is 0 Å². The molecule has 0 spiro atoms. The van der Waals surface area contributed by atoms with E-state index in [1.54, 1.807) is 11.3 Å². The summed E-state index contributed by atoms with van der Waals surface area (Å²) in [6.45, 7) is 5.54. The molecule has 0 radical (unpaired) electrons. The highest BCUT2D eigenvalue weighted by Gasteiger charge is 2.26. The van der Waals surface area contributed by atoms with Gasteiger partial charge >= 0.3 is 6.09 Å². The van der Waals surface area contributed by atoms with Crippen molar-refractivity contribution in [2.45, 2.75) is 70.6 Å². The monoisotopic (exact) mass is 338 g/mol. The number of alkyl carbamates (subject to hydrolysis) is 1. The molecule has 0 bridgehead atoms. The van der Waals surface area contributed by atoms with Gasteiger partial charge in [-0.1, -0.05) is 0 Å². The predicted molar refractivity (Wildman–Crippen MR) is 91.6 cm³/mol. The minimum absolute atomic E-state index is 0.0475. The van der Waals surface area contributed by atoms with Crippen LogP contribution in [0.15, 0.2) is 16.8 Å². The lowest BCUT2D eigenvalue weighted by Crippen LogP contribution is -2.47. The summed E-state index contributed by atoms with van der Waals surface area (Å²) in [6, 6.07) is 2.15. The van der Waals surface area contributed by atoms with Crippen molar-refractivity contribution >= 4 is 23.3 Å². The van der Waals surface area contributed by atoms with E-state index in [0.717, 1.165) is 31.2 Å². The van der Waals surface area contributed by atoms with Crippen LogP contribution in [0.5, 0.6) is 0 Å². The van der Waals surface area contributed by atoms with E-state index in [1.165, 1.54) is 0 Å². The van der Waals surface area contributed by atoms with Crippen molar-refractivity contribution in [3.8, 4) is 0 Å². The average Bonchev–Trinajstić information content (AvgIpc) is 2.89. The Morgan fingerprint density at radius 3 is 2.57 bits per heavy atom. The van der Waals surface area contributed by atoms with Crippen LogP contribution in [-0.2, 0) is 16.0 Å². The zero-order chi connectivity index (χ0) is 16.9. The number of ether oxygens (including phenoxy) is 1. The van der Waals surface area contributed by atoms with Crippen molar-refractivity contribution in [2.75, 3.05) is 0 Å². The molecule has 1 aliphatic rings. The van der Waals surface area contributed by atoms with Gasteiger partial charge in [0, 0.05) is 12.1 Å². The molecule has 1 aromatic rings. The van der Waals surface area contributed by atoms with Crippen molar-refractivity contribution in [3.05, 3.63) is 22.4 Å². The molecule has 2 rings (SSSR count). The van der Waals surface area contributed by atoms with Crippen molar-refractivity contribution in [1.82, 2.24) is 10.6 Å². The molecule has 0 aliphatic heterocycles. The lowest BCUT2D eigenvalue weighted by atomic mass is 9.91. The molecule has 128 valence electrons. The van der Waals surface area contributed by atoms with Gasteiger partial charge in [0.05, 0.1) is 6.42 Å². The van der Waals surface area contributed by atoms with Gasteiger partial charge in [-0.15, -0.1) is 0 Å². The van der Waals surface area contributed by atoms with Gasteiger partial charge in [0.15, 0.2) is 0 Å². The van der Waals surface area contributed by atoms with Crippen LogP contribution in [0.1, 0.15) is 52.0 Å². The van der Waals surface area contributed by atoms with Crippen LogP contribution in [0.4, 0.5) is 4.79 Å². The summed E-state index contributed by atoms with van der Waals surface area (Å²) in [5.74, 6) is 0.0475. The standard InChI is InChI=1S/C17H26N2O3S/c1-17(2,3)22-16(21)19-14-6-4-5-13(10-14)18-15(20)9-12-7-8-23-11-12/h7-8,11,13-14H,4-6,9-10H2,1-3H3,(H,18,20)(H,19,21). The van der Waals surface area contributed by atoms with E-state index in [0.29, 0.717) is 6.42 Å². The average molecular weight is 338 g/mol. The molecule has 2 unspecified atom stereocenters. The highest BCUT2D eigenvalue weighted by molar-refractivity contribution is 7.07. The Morgan fingerprint density at radius 2 is 1.96 bits per heavy atom. The van der Waals surface area contributed by atoms with Gasteiger partial charge in [-0.25, -0.2) is 4.79 Å². The van der Waals surface area contributed by atoms with E-state index in [4.69, 9.17) is 4.74 Å². The molecule has 2 amide bonds. The summed E-state index contributed by atoms with van der Waals surface area (Å²) < 4.78 is 5.29. The summed E-state index contributed by atoms with van der Waals surface area (Å²) in [5, 5.41) is 9.97. The maximum atomic E-state index is 12.1. The Morgan fingerprint density at radius 1 is 1.26 bits per heavy atom. The van der Waals surface area contributed by atoms with E-state index in [9.17, 15) is 9.59 Å². The molecule has 1 heterocycles. The Labute approximate surface area is 141 Å². The van der Waals surface area contributed by atoms with E-state index in [1.807, 2.05) is 37.6 Å². The molecule has 1 aliphatic carbocycles. The first-order valence-corrected chi connectivity index (χ1v) is 9.06. The van der Waals surface area contributed by atoms with E-state index >= 15 is 0 Å². The highest BCUT2D eigenvalue weighted by atomic mass is 32.1. The van der Waals surface area contributed by atoms with Gasteiger partial charge in [-0.05, 0) is 68.8 Å². The smallest absolute Gasteiger partial charge is 0.407 e. The molecule has 1 fully saturated rings. The van der Waals surface area contributed by atoms with Gasteiger partial charge in [-0.3, -0.25) is 4.79 Å². The zero-order valence-electron chi connectivity index (χ0n) is 14.1. The van der Waals surface area contributed by atoms with E-state index in [-0.39, 0.29) is 24.1 Å². The fourth-order valence-corrected chi connectivity index (χ4v) is 3.45. The van der Waals surface area contributed by atoms with Crippen molar-refractivity contribution in [2.24, 2.45) is 0 Å². The van der Waals surface area contributed by atoms with Crippen LogP contribution in [0.2, 0.25) is 0 Å². The molecule has 6 heteroatoms. The first-order chi connectivity index (χ1) is 10.8. The SMILES string of the molecule is CC(C)(C)OC(=O)NC1CCCC(NC(=O)Cc2ccsc2)C1. The van der Waals surface area contributed by atoms with E-state index in [2.05, 4.69) is 10.6 Å². The topological polar surface area (TPSA) is 67.4 Å². The fourth-order valence-electron chi connectivity index (χ4n) is 2.78.